The maximum atomic E-state index is 11.8. The topological polar surface area (TPSA) is 20.3 Å². The van der Waals surface area contributed by atoms with Crippen molar-refractivity contribution in [2.45, 2.75) is 26.3 Å². The lowest BCUT2D eigenvalue weighted by molar-refractivity contribution is -0.131. The van der Waals surface area contributed by atoms with Crippen LogP contribution >= 0.6 is 15.9 Å². The van der Waals surface area contributed by atoms with Crippen molar-refractivity contribution in [3.8, 4) is 0 Å². The third-order valence-corrected chi connectivity index (χ3v) is 3.21. The second-order valence-electron chi connectivity index (χ2n) is 3.91. The van der Waals surface area contributed by atoms with Crippen LogP contribution in [0.25, 0.3) is 0 Å². The molecule has 0 aromatic heterocycles. The van der Waals surface area contributed by atoms with Gasteiger partial charge in [0.25, 0.3) is 0 Å². The Hall–Kier alpha value is -0.830. The van der Waals surface area contributed by atoms with Gasteiger partial charge in [0.15, 0.2) is 0 Å². The highest BCUT2D eigenvalue weighted by molar-refractivity contribution is 9.10. The van der Waals surface area contributed by atoms with Crippen LogP contribution in [-0.2, 0) is 17.8 Å². The van der Waals surface area contributed by atoms with Crippen molar-refractivity contribution in [3.05, 3.63) is 33.8 Å². The van der Waals surface area contributed by atoms with Crippen molar-refractivity contribution in [3.63, 3.8) is 0 Å². The standard InChI is InChI=1S/C12H14BrNO/c1-2-5-14-8-9-3-4-11(13)6-10(9)7-12(14)15/h3-4,6H,2,5,7-8H2,1H3. The minimum atomic E-state index is 0.252. The quantitative estimate of drug-likeness (QED) is 0.807. The molecule has 2 nitrogen and oxygen atoms in total. The van der Waals surface area contributed by atoms with E-state index >= 15 is 0 Å². The Kier molecular flexibility index (Phi) is 3.10. The molecule has 1 aliphatic rings. The number of carbonyl (C=O) groups excluding carboxylic acids is 1. The first-order valence-electron chi connectivity index (χ1n) is 5.25. The highest BCUT2D eigenvalue weighted by atomic mass is 79.9. The van der Waals surface area contributed by atoms with Crippen LogP contribution in [-0.4, -0.2) is 17.4 Å². The Labute approximate surface area is 98.4 Å². The van der Waals surface area contributed by atoms with Gasteiger partial charge in [-0.3, -0.25) is 4.79 Å². The van der Waals surface area contributed by atoms with Gasteiger partial charge in [-0.05, 0) is 29.7 Å². The van der Waals surface area contributed by atoms with Gasteiger partial charge in [0.05, 0.1) is 6.42 Å². The number of carbonyl (C=O) groups is 1. The Balaban J connectivity index is 2.26. The molecule has 0 unspecified atom stereocenters. The normalized spacial score (nSPS) is 15.3. The maximum Gasteiger partial charge on any atom is 0.227 e. The molecule has 2 rings (SSSR count). The summed E-state index contributed by atoms with van der Waals surface area (Å²) in [4.78, 5) is 13.7. The SMILES string of the molecule is CCCN1Cc2ccc(Br)cc2CC1=O. The summed E-state index contributed by atoms with van der Waals surface area (Å²) in [6, 6.07) is 6.20. The molecule has 0 bridgehead atoms. The van der Waals surface area contributed by atoms with Gasteiger partial charge >= 0.3 is 0 Å². The molecular weight excluding hydrogens is 254 g/mol. The lowest BCUT2D eigenvalue weighted by Gasteiger charge is -2.28. The van der Waals surface area contributed by atoms with Crippen molar-refractivity contribution in [1.29, 1.82) is 0 Å². The van der Waals surface area contributed by atoms with Gasteiger partial charge in [0, 0.05) is 17.6 Å². The third kappa shape index (κ3) is 2.23. The average Bonchev–Trinajstić information content (AvgIpc) is 2.20. The zero-order chi connectivity index (χ0) is 10.8. The van der Waals surface area contributed by atoms with Crippen LogP contribution in [0.3, 0.4) is 0 Å². The fourth-order valence-electron chi connectivity index (χ4n) is 1.96. The van der Waals surface area contributed by atoms with Crippen LogP contribution in [0, 0.1) is 0 Å². The molecule has 0 atom stereocenters. The molecule has 1 aliphatic heterocycles. The number of fused-ring (bicyclic) bond motifs is 1. The second kappa shape index (κ2) is 4.35. The molecule has 80 valence electrons. The molecule has 0 saturated carbocycles. The van der Waals surface area contributed by atoms with Crippen molar-refractivity contribution >= 4 is 21.8 Å². The fraction of sp³-hybridized carbons (Fsp3) is 0.417. The van der Waals surface area contributed by atoms with E-state index in [0.29, 0.717) is 6.42 Å². The molecule has 3 heteroatoms. The van der Waals surface area contributed by atoms with Crippen LogP contribution in [0.1, 0.15) is 24.5 Å². The van der Waals surface area contributed by atoms with Crippen LogP contribution in [0.15, 0.2) is 22.7 Å². The van der Waals surface area contributed by atoms with E-state index in [2.05, 4.69) is 35.0 Å². The first kappa shape index (κ1) is 10.7. The predicted octanol–water partition coefficient (Wildman–Crippen LogP) is 2.74. The number of benzene rings is 1. The smallest absolute Gasteiger partial charge is 0.227 e. The summed E-state index contributed by atoms with van der Waals surface area (Å²) in [5.74, 6) is 0.252. The Morgan fingerprint density at radius 3 is 2.93 bits per heavy atom. The summed E-state index contributed by atoms with van der Waals surface area (Å²) in [5.41, 5.74) is 2.45. The van der Waals surface area contributed by atoms with Gasteiger partial charge in [-0.1, -0.05) is 28.9 Å². The van der Waals surface area contributed by atoms with E-state index in [4.69, 9.17) is 0 Å². The van der Waals surface area contributed by atoms with E-state index in [1.54, 1.807) is 0 Å². The highest BCUT2D eigenvalue weighted by Crippen LogP contribution is 2.23. The molecule has 0 radical (unpaired) electrons. The second-order valence-corrected chi connectivity index (χ2v) is 4.82. The predicted molar refractivity (Wildman–Crippen MR) is 63.6 cm³/mol. The van der Waals surface area contributed by atoms with E-state index in [1.165, 1.54) is 11.1 Å². The summed E-state index contributed by atoms with van der Waals surface area (Å²) in [6.45, 7) is 3.74. The first-order chi connectivity index (χ1) is 7.20. The molecule has 15 heavy (non-hydrogen) atoms. The number of hydrogen-bond acceptors (Lipinski definition) is 1. The molecule has 1 aromatic carbocycles. The Morgan fingerprint density at radius 1 is 1.40 bits per heavy atom. The number of hydrogen-bond donors (Lipinski definition) is 0. The number of rotatable bonds is 2. The van der Waals surface area contributed by atoms with Gasteiger partial charge in [-0.25, -0.2) is 0 Å². The summed E-state index contributed by atoms with van der Waals surface area (Å²) in [7, 11) is 0. The zero-order valence-electron chi connectivity index (χ0n) is 8.79. The van der Waals surface area contributed by atoms with Crippen LogP contribution in [0.5, 0.6) is 0 Å². The largest absolute Gasteiger partial charge is 0.338 e. The number of halogens is 1. The molecule has 0 saturated heterocycles. The maximum absolute atomic E-state index is 11.8. The molecule has 1 amide bonds. The lowest BCUT2D eigenvalue weighted by Crippen LogP contribution is -2.36. The Morgan fingerprint density at radius 2 is 2.20 bits per heavy atom. The third-order valence-electron chi connectivity index (χ3n) is 2.72. The molecular formula is C12H14BrNO. The molecule has 1 heterocycles. The van der Waals surface area contributed by atoms with E-state index in [9.17, 15) is 4.79 Å². The molecule has 0 fully saturated rings. The zero-order valence-corrected chi connectivity index (χ0v) is 10.4. The first-order valence-corrected chi connectivity index (χ1v) is 6.05. The fourth-order valence-corrected chi connectivity index (χ4v) is 2.36. The number of nitrogens with zero attached hydrogens (tertiary/aromatic N) is 1. The van der Waals surface area contributed by atoms with E-state index in [-0.39, 0.29) is 5.91 Å². The summed E-state index contributed by atoms with van der Waals surface area (Å²) in [6.07, 6.45) is 1.58. The Bertz CT molecular complexity index is 389. The van der Waals surface area contributed by atoms with Gasteiger partial charge in [-0.2, -0.15) is 0 Å². The molecule has 1 aromatic rings. The van der Waals surface area contributed by atoms with Gasteiger partial charge in [0.1, 0.15) is 0 Å². The van der Waals surface area contributed by atoms with Crippen molar-refractivity contribution < 1.29 is 4.79 Å². The molecule has 0 aliphatic carbocycles. The van der Waals surface area contributed by atoms with Gasteiger partial charge in [-0.15, -0.1) is 0 Å². The molecule has 0 spiro atoms. The monoisotopic (exact) mass is 267 g/mol. The van der Waals surface area contributed by atoms with Gasteiger partial charge < -0.3 is 4.90 Å². The van der Waals surface area contributed by atoms with Crippen molar-refractivity contribution in [1.82, 2.24) is 4.90 Å². The van der Waals surface area contributed by atoms with E-state index in [0.717, 1.165) is 24.0 Å². The van der Waals surface area contributed by atoms with Crippen LogP contribution in [0.2, 0.25) is 0 Å². The number of amides is 1. The summed E-state index contributed by atoms with van der Waals surface area (Å²) in [5, 5.41) is 0. The van der Waals surface area contributed by atoms with E-state index < -0.39 is 0 Å². The van der Waals surface area contributed by atoms with E-state index in [1.807, 2.05) is 11.0 Å². The minimum absolute atomic E-state index is 0.252. The van der Waals surface area contributed by atoms with Crippen molar-refractivity contribution in [2.75, 3.05) is 6.54 Å². The molecule has 0 N–H and O–H groups in total. The highest BCUT2D eigenvalue weighted by Gasteiger charge is 2.21. The van der Waals surface area contributed by atoms with Crippen LogP contribution < -0.4 is 0 Å². The minimum Gasteiger partial charge on any atom is -0.338 e. The lowest BCUT2D eigenvalue weighted by atomic mass is 9.99. The summed E-state index contributed by atoms with van der Waals surface area (Å²) >= 11 is 3.43. The average molecular weight is 268 g/mol. The van der Waals surface area contributed by atoms with Crippen molar-refractivity contribution in [2.24, 2.45) is 0 Å². The van der Waals surface area contributed by atoms with Gasteiger partial charge in [0.2, 0.25) is 5.91 Å². The van der Waals surface area contributed by atoms with Crippen LogP contribution in [0.4, 0.5) is 0 Å². The summed E-state index contributed by atoms with van der Waals surface area (Å²) < 4.78 is 1.05.